The molecule has 1 N–H and O–H groups in total. The molecule has 1 saturated heterocycles. The number of benzene rings is 2. The van der Waals surface area contributed by atoms with Crippen LogP contribution in [0.3, 0.4) is 0 Å². The highest BCUT2D eigenvalue weighted by molar-refractivity contribution is 5.84. The summed E-state index contributed by atoms with van der Waals surface area (Å²) in [5, 5.41) is 6.75. The third-order valence-corrected chi connectivity index (χ3v) is 9.46. The van der Waals surface area contributed by atoms with E-state index in [0.717, 1.165) is 50.0 Å². The van der Waals surface area contributed by atoms with Gasteiger partial charge in [0, 0.05) is 18.5 Å². The zero-order valence-electron chi connectivity index (χ0n) is 23.3. The van der Waals surface area contributed by atoms with Crippen LogP contribution in [-0.2, 0) is 17.5 Å². The van der Waals surface area contributed by atoms with Gasteiger partial charge in [0.25, 0.3) is 0 Å². The molecule has 0 spiro atoms. The minimum absolute atomic E-state index is 0.0302. The molecule has 11 heteroatoms. The van der Waals surface area contributed by atoms with E-state index >= 15 is 0 Å². The lowest BCUT2D eigenvalue weighted by atomic mass is 9.78. The maximum atomic E-state index is 14.0. The van der Waals surface area contributed by atoms with E-state index in [2.05, 4.69) is 20.4 Å². The molecule has 224 valence electrons. The van der Waals surface area contributed by atoms with Gasteiger partial charge in [-0.15, -0.1) is 0 Å². The van der Waals surface area contributed by atoms with E-state index in [9.17, 15) is 26.7 Å². The Kier molecular flexibility index (Phi) is 7.57. The Morgan fingerprint density at radius 1 is 1.07 bits per heavy atom. The van der Waals surface area contributed by atoms with Crippen LogP contribution in [-0.4, -0.2) is 40.1 Å². The van der Waals surface area contributed by atoms with E-state index in [-0.39, 0.29) is 41.7 Å². The number of nitrogens with one attached hydrogen (secondary N) is 1. The minimum atomic E-state index is -4.69. The largest absolute Gasteiger partial charge is 0.416 e. The Balaban J connectivity index is 1.16. The van der Waals surface area contributed by atoms with Crippen molar-refractivity contribution < 1.29 is 31.3 Å². The molecule has 42 heavy (non-hydrogen) atoms. The summed E-state index contributed by atoms with van der Waals surface area (Å²) in [6.07, 6.45) is -0.0245. The molecule has 1 amide bonds. The van der Waals surface area contributed by atoms with Crippen LogP contribution in [0.1, 0.15) is 78.8 Å². The van der Waals surface area contributed by atoms with Crippen molar-refractivity contribution in [2.45, 2.75) is 76.0 Å². The number of nitrogens with zero attached hydrogens (tertiary/aromatic N) is 3. The van der Waals surface area contributed by atoms with Gasteiger partial charge in [0.1, 0.15) is 11.6 Å². The Morgan fingerprint density at radius 3 is 2.48 bits per heavy atom. The number of amides is 1. The number of hydrogen-bond donors (Lipinski definition) is 1. The Hall–Kier alpha value is -3.34. The molecule has 2 heterocycles. The van der Waals surface area contributed by atoms with Gasteiger partial charge in [-0.1, -0.05) is 17.3 Å². The van der Waals surface area contributed by atoms with E-state index < -0.39 is 23.0 Å². The number of carbonyl (C=O) groups excluding carboxylic acids is 1. The Morgan fingerprint density at radius 2 is 1.81 bits per heavy atom. The number of hydrogen-bond acceptors (Lipinski definition) is 5. The molecule has 3 aromatic rings. The van der Waals surface area contributed by atoms with E-state index in [1.807, 2.05) is 12.1 Å². The highest BCUT2D eigenvalue weighted by Gasteiger charge is 2.62. The fraction of sp³-hybridized carbons (Fsp3) is 0.516. The average Bonchev–Trinajstić information content (AvgIpc) is 3.44. The summed E-state index contributed by atoms with van der Waals surface area (Å²) in [7, 11) is 0. The maximum Gasteiger partial charge on any atom is 0.416 e. The predicted octanol–water partition coefficient (Wildman–Crippen LogP) is 6.51. The zero-order chi connectivity index (χ0) is 29.6. The highest BCUT2D eigenvalue weighted by Crippen LogP contribution is 2.63. The predicted molar refractivity (Wildman–Crippen MR) is 143 cm³/mol. The lowest BCUT2D eigenvalue weighted by molar-refractivity contribution is -0.137. The van der Waals surface area contributed by atoms with Crippen molar-refractivity contribution in [3.05, 3.63) is 82.5 Å². The second-order valence-corrected chi connectivity index (χ2v) is 12.1. The van der Waals surface area contributed by atoms with Crippen LogP contribution in [0.25, 0.3) is 0 Å². The van der Waals surface area contributed by atoms with Crippen LogP contribution < -0.4 is 5.32 Å². The lowest BCUT2D eigenvalue weighted by Crippen LogP contribution is -2.44. The molecule has 4 unspecified atom stereocenters. The molecule has 6 nitrogen and oxygen atoms in total. The van der Waals surface area contributed by atoms with Crippen molar-refractivity contribution in [1.29, 1.82) is 0 Å². The van der Waals surface area contributed by atoms with Crippen molar-refractivity contribution >= 4 is 5.91 Å². The average molecular weight is 589 g/mol. The van der Waals surface area contributed by atoms with Gasteiger partial charge in [-0.25, -0.2) is 8.78 Å². The van der Waals surface area contributed by atoms with Crippen molar-refractivity contribution in [2.24, 2.45) is 11.3 Å². The number of halogens is 5. The minimum Gasteiger partial charge on any atom is -0.352 e. The molecular formula is C31H33F5N4O2. The summed E-state index contributed by atoms with van der Waals surface area (Å²) >= 11 is 0. The standard InChI is InChI=1S/C31H33F5N4O2/c1-18-38-28(42-39-18)26-15-27(26)30(29(41)37-17-19-12-22(31(34,35)36)14-24(33)13-19)9-6-25(16-30)40-10-7-21(8-11-40)20-2-4-23(32)5-3-20/h2-5,12-14,21,25-27H,6-11,15-17H2,1H3,(H,37,41). The number of likely N-dealkylation sites (tertiary alicyclic amines) is 1. The van der Waals surface area contributed by atoms with E-state index in [0.29, 0.717) is 43.0 Å². The molecule has 2 aromatic carbocycles. The second-order valence-electron chi connectivity index (χ2n) is 12.1. The molecule has 0 bridgehead atoms. The first-order valence-corrected chi connectivity index (χ1v) is 14.5. The van der Waals surface area contributed by atoms with Crippen molar-refractivity contribution in [2.75, 3.05) is 13.1 Å². The molecule has 2 aliphatic carbocycles. The van der Waals surface area contributed by atoms with E-state index in [4.69, 9.17) is 4.52 Å². The third-order valence-electron chi connectivity index (χ3n) is 9.46. The molecule has 0 radical (unpaired) electrons. The van der Waals surface area contributed by atoms with Gasteiger partial charge < -0.3 is 14.7 Å². The molecule has 1 aliphatic heterocycles. The number of aromatic nitrogens is 2. The van der Waals surface area contributed by atoms with Crippen LogP contribution >= 0.6 is 0 Å². The normalized spacial score (nSPS) is 26.9. The zero-order valence-corrected chi connectivity index (χ0v) is 23.3. The number of piperidine rings is 1. The molecule has 1 aromatic heterocycles. The van der Waals surface area contributed by atoms with Crippen molar-refractivity contribution in [3.8, 4) is 0 Å². The third kappa shape index (κ3) is 5.80. The van der Waals surface area contributed by atoms with Gasteiger partial charge in [-0.2, -0.15) is 18.2 Å². The first-order valence-electron chi connectivity index (χ1n) is 14.5. The summed E-state index contributed by atoms with van der Waals surface area (Å²) in [4.78, 5) is 20.7. The van der Waals surface area contributed by atoms with Crippen LogP contribution in [0.2, 0.25) is 0 Å². The maximum absolute atomic E-state index is 14.0. The van der Waals surface area contributed by atoms with Gasteiger partial charge in [-0.05, 0) is 112 Å². The van der Waals surface area contributed by atoms with Crippen molar-refractivity contribution in [3.63, 3.8) is 0 Å². The topological polar surface area (TPSA) is 71.3 Å². The molecule has 3 aliphatic rings. The number of alkyl halides is 3. The van der Waals surface area contributed by atoms with Gasteiger partial charge >= 0.3 is 6.18 Å². The Bertz CT molecular complexity index is 1430. The van der Waals surface area contributed by atoms with Gasteiger partial charge in [0.15, 0.2) is 5.82 Å². The summed E-state index contributed by atoms with van der Waals surface area (Å²) in [6.45, 7) is 3.27. The summed E-state index contributed by atoms with van der Waals surface area (Å²) in [5.74, 6) is -0.164. The first-order chi connectivity index (χ1) is 20.0. The fourth-order valence-electron chi connectivity index (χ4n) is 7.22. The smallest absolute Gasteiger partial charge is 0.352 e. The highest BCUT2D eigenvalue weighted by atomic mass is 19.4. The Labute approximate surface area is 240 Å². The SMILES string of the molecule is Cc1noc(C2CC2C2(C(=O)NCc3cc(F)cc(C(F)(F)F)c3)CCC(N3CCC(c4ccc(F)cc4)CC3)C2)n1. The summed E-state index contributed by atoms with van der Waals surface area (Å²) in [6, 6.07) is 9.22. The molecule has 4 atom stereocenters. The number of rotatable bonds is 7. The van der Waals surface area contributed by atoms with E-state index in [1.54, 1.807) is 6.92 Å². The number of aryl methyl sites for hydroxylation is 1. The van der Waals surface area contributed by atoms with Crippen LogP contribution in [0.15, 0.2) is 47.0 Å². The van der Waals surface area contributed by atoms with Crippen LogP contribution in [0.4, 0.5) is 22.0 Å². The summed E-state index contributed by atoms with van der Waals surface area (Å²) < 4.78 is 72.5. The number of carbonyl (C=O) groups is 1. The van der Waals surface area contributed by atoms with Crippen LogP contribution in [0.5, 0.6) is 0 Å². The van der Waals surface area contributed by atoms with E-state index in [1.165, 1.54) is 12.1 Å². The van der Waals surface area contributed by atoms with Gasteiger partial charge in [0.2, 0.25) is 11.8 Å². The molecule has 6 rings (SSSR count). The quantitative estimate of drug-likeness (QED) is 0.319. The van der Waals surface area contributed by atoms with Gasteiger partial charge in [0.05, 0.1) is 11.0 Å². The first kappa shape index (κ1) is 28.8. The second kappa shape index (κ2) is 11.1. The van der Waals surface area contributed by atoms with Crippen molar-refractivity contribution in [1.82, 2.24) is 20.4 Å². The summed E-state index contributed by atoms with van der Waals surface area (Å²) in [5.41, 5.74) is -0.632. The van der Waals surface area contributed by atoms with Crippen LogP contribution in [0, 0.1) is 29.9 Å². The fourth-order valence-corrected chi connectivity index (χ4v) is 7.22. The molecule has 3 fully saturated rings. The molecular weight excluding hydrogens is 555 g/mol. The lowest BCUT2D eigenvalue weighted by Gasteiger charge is -2.37. The van der Waals surface area contributed by atoms with Gasteiger partial charge in [-0.3, -0.25) is 4.79 Å². The molecule has 2 saturated carbocycles. The monoisotopic (exact) mass is 588 g/mol.